The first-order valence-corrected chi connectivity index (χ1v) is 6.34. The molecule has 86 valence electrons. The summed E-state index contributed by atoms with van der Waals surface area (Å²) < 4.78 is 2.52. The molecule has 3 nitrogen and oxygen atoms in total. The van der Waals surface area contributed by atoms with Crippen molar-refractivity contribution in [2.75, 3.05) is 0 Å². The molecule has 3 rings (SSSR count). The van der Waals surface area contributed by atoms with E-state index in [2.05, 4.69) is 4.98 Å². The molecule has 3 heterocycles. The predicted molar refractivity (Wildman–Crippen MR) is 70.2 cm³/mol. The Morgan fingerprint density at radius 3 is 2.76 bits per heavy atom. The van der Waals surface area contributed by atoms with E-state index in [-0.39, 0.29) is 5.75 Å². The third-order valence-electron chi connectivity index (χ3n) is 2.38. The molecule has 0 aliphatic heterocycles. The maximum atomic E-state index is 9.42. The summed E-state index contributed by atoms with van der Waals surface area (Å²) in [6.45, 7) is 0. The minimum absolute atomic E-state index is 0.162. The van der Waals surface area contributed by atoms with Gasteiger partial charge < -0.3 is 5.11 Å². The number of imidazole rings is 1. The minimum Gasteiger partial charge on any atom is -0.508 e. The van der Waals surface area contributed by atoms with Crippen molar-refractivity contribution in [2.45, 2.75) is 0 Å². The Morgan fingerprint density at radius 2 is 2.06 bits per heavy atom. The van der Waals surface area contributed by atoms with Crippen LogP contribution in [-0.2, 0) is 0 Å². The summed E-state index contributed by atoms with van der Waals surface area (Å²) in [4.78, 5) is 5.22. The van der Waals surface area contributed by atoms with E-state index in [1.807, 2.05) is 16.5 Å². The quantitative estimate of drug-likeness (QED) is 0.731. The van der Waals surface area contributed by atoms with Crippen LogP contribution in [0.4, 0.5) is 0 Å². The van der Waals surface area contributed by atoms with Crippen LogP contribution in [0.1, 0.15) is 0 Å². The molecule has 3 aromatic rings. The molecule has 0 amide bonds. The van der Waals surface area contributed by atoms with Crippen LogP contribution in [0.5, 0.6) is 5.75 Å². The average Bonchev–Trinajstić information content (AvgIpc) is 2.84. The van der Waals surface area contributed by atoms with Gasteiger partial charge in [0.2, 0.25) is 0 Å². The summed E-state index contributed by atoms with van der Waals surface area (Å²) in [5, 5.41) is 9.78. The smallest absolute Gasteiger partial charge is 0.156 e. The number of fused-ring (bicyclic) bond motifs is 1. The van der Waals surface area contributed by atoms with Gasteiger partial charge in [-0.15, -0.1) is 11.3 Å². The summed E-state index contributed by atoms with van der Waals surface area (Å²) in [7, 11) is 0. The lowest BCUT2D eigenvalue weighted by Gasteiger charge is -1.98. The summed E-state index contributed by atoms with van der Waals surface area (Å²) in [6, 6.07) is 6.87. The first kappa shape index (κ1) is 10.9. The van der Waals surface area contributed by atoms with Crippen molar-refractivity contribution in [3.8, 4) is 16.5 Å². The Bertz CT molecular complexity index is 705. The van der Waals surface area contributed by atoms with Crippen LogP contribution in [0.15, 0.2) is 30.5 Å². The molecule has 6 heteroatoms. The number of halogens is 2. The molecule has 0 unspecified atom stereocenters. The first-order valence-electron chi connectivity index (χ1n) is 4.77. The molecule has 0 fully saturated rings. The lowest BCUT2D eigenvalue weighted by molar-refractivity contribution is 0.475. The maximum absolute atomic E-state index is 9.42. The molecular weight excluding hydrogens is 279 g/mol. The largest absolute Gasteiger partial charge is 0.508 e. The molecule has 0 aliphatic carbocycles. The summed E-state index contributed by atoms with van der Waals surface area (Å²) in [5.41, 5.74) is 0.672. The SMILES string of the molecule is Oc1ccn2c(-c3ccc(Cl)s3)nc(Cl)c2c1. The first-order chi connectivity index (χ1) is 8.15. The number of pyridine rings is 1. The van der Waals surface area contributed by atoms with E-state index >= 15 is 0 Å². The molecule has 0 saturated heterocycles. The van der Waals surface area contributed by atoms with Crippen molar-refractivity contribution in [2.24, 2.45) is 0 Å². The van der Waals surface area contributed by atoms with E-state index in [4.69, 9.17) is 23.2 Å². The molecule has 1 N–H and O–H groups in total. The van der Waals surface area contributed by atoms with E-state index in [9.17, 15) is 5.11 Å². The zero-order valence-electron chi connectivity index (χ0n) is 8.39. The fourth-order valence-corrected chi connectivity index (χ4v) is 2.90. The summed E-state index contributed by atoms with van der Waals surface area (Å²) in [5.74, 6) is 0.886. The highest BCUT2D eigenvalue weighted by atomic mass is 35.5. The molecule has 0 spiro atoms. The fraction of sp³-hybridized carbons (Fsp3) is 0. The van der Waals surface area contributed by atoms with Crippen LogP contribution in [-0.4, -0.2) is 14.5 Å². The van der Waals surface area contributed by atoms with Gasteiger partial charge >= 0.3 is 0 Å². The normalized spacial score (nSPS) is 11.2. The Labute approximate surface area is 111 Å². The Morgan fingerprint density at radius 1 is 1.24 bits per heavy atom. The zero-order valence-corrected chi connectivity index (χ0v) is 10.7. The number of aromatic hydroxyl groups is 1. The van der Waals surface area contributed by atoms with Gasteiger partial charge in [-0.2, -0.15) is 0 Å². The lowest BCUT2D eigenvalue weighted by Crippen LogP contribution is -1.85. The average molecular weight is 285 g/mol. The number of hydrogen-bond acceptors (Lipinski definition) is 3. The highest BCUT2D eigenvalue weighted by Crippen LogP contribution is 2.33. The topological polar surface area (TPSA) is 37.5 Å². The highest BCUT2D eigenvalue weighted by molar-refractivity contribution is 7.19. The zero-order chi connectivity index (χ0) is 12.0. The number of hydrogen-bond donors (Lipinski definition) is 1. The molecule has 0 atom stereocenters. The van der Waals surface area contributed by atoms with E-state index < -0.39 is 0 Å². The monoisotopic (exact) mass is 284 g/mol. The van der Waals surface area contributed by atoms with E-state index in [1.54, 1.807) is 18.3 Å². The van der Waals surface area contributed by atoms with Crippen LogP contribution in [0, 0.1) is 0 Å². The second-order valence-electron chi connectivity index (χ2n) is 3.47. The van der Waals surface area contributed by atoms with Gasteiger partial charge in [0.25, 0.3) is 0 Å². The third kappa shape index (κ3) is 1.78. The third-order valence-corrected chi connectivity index (χ3v) is 3.88. The van der Waals surface area contributed by atoms with Crippen molar-refractivity contribution in [3.63, 3.8) is 0 Å². The van der Waals surface area contributed by atoms with Crippen molar-refractivity contribution < 1.29 is 5.11 Å². The van der Waals surface area contributed by atoms with Crippen LogP contribution < -0.4 is 0 Å². The van der Waals surface area contributed by atoms with E-state index in [0.717, 1.165) is 10.7 Å². The van der Waals surface area contributed by atoms with Crippen LogP contribution in [0.3, 0.4) is 0 Å². The molecule has 0 bridgehead atoms. The van der Waals surface area contributed by atoms with Crippen molar-refractivity contribution in [1.29, 1.82) is 0 Å². The number of rotatable bonds is 1. The Hall–Kier alpha value is -1.23. The summed E-state index contributed by atoms with van der Waals surface area (Å²) >= 11 is 13.4. The van der Waals surface area contributed by atoms with Gasteiger partial charge in [0.15, 0.2) is 11.0 Å². The number of nitrogens with zero attached hydrogens (tertiary/aromatic N) is 2. The molecular formula is C11H6Cl2N2OS. The number of aromatic nitrogens is 2. The number of thiophene rings is 1. The van der Waals surface area contributed by atoms with Gasteiger partial charge in [-0.05, 0) is 18.2 Å². The minimum atomic E-state index is 0.162. The standard InChI is InChI=1S/C11H6Cl2N2OS/c12-9-2-1-8(17-9)11-14-10(13)7-5-6(16)3-4-15(7)11/h1-5,16H. The van der Waals surface area contributed by atoms with Crippen molar-refractivity contribution in [1.82, 2.24) is 9.38 Å². The van der Waals surface area contributed by atoms with Gasteiger partial charge in [-0.25, -0.2) is 4.98 Å². The Kier molecular flexibility index (Phi) is 2.50. The fourth-order valence-electron chi connectivity index (χ4n) is 1.64. The van der Waals surface area contributed by atoms with Gasteiger partial charge in [0.05, 0.1) is 14.7 Å². The van der Waals surface area contributed by atoms with Crippen LogP contribution in [0.25, 0.3) is 16.2 Å². The van der Waals surface area contributed by atoms with Crippen LogP contribution in [0.2, 0.25) is 9.49 Å². The Balaban J connectivity index is 2.31. The van der Waals surface area contributed by atoms with Crippen molar-refractivity contribution >= 4 is 40.1 Å². The van der Waals surface area contributed by atoms with Gasteiger partial charge in [0.1, 0.15) is 5.75 Å². The molecule has 0 saturated carbocycles. The maximum Gasteiger partial charge on any atom is 0.156 e. The van der Waals surface area contributed by atoms with Gasteiger partial charge in [0, 0.05) is 12.3 Å². The summed E-state index contributed by atoms with van der Waals surface area (Å²) in [6.07, 6.45) is 1.73. The van der Waals surface area contributed by atoms with Gasteiger partial charge in [-0.3, -0.25) is 4.40 Å². The highest BCUT2D eigenvalue weighted by Gasteiger charge is 2.13. The van der Waals surface area contributed by atoms with Crippen molar-refractivity contribution in [3.05, 3.63) is 40.0 Å². The second-order valence-corrected chi connectivity index (χ2v) is 5.54. The van der Waals surface area contributed by atoms with E-state index in [1.165, 1.54) is 11.3 Å². The molecule has 17 heavy (non-hydrogen) atoms. The molecule has 3 aromatic heterocycles. The molecule has 0 aromatic carbocycles. The molecule has 0 radical (unpaired) electrons. The van der Waals surface area contributed by atoms with Crippen LogP contribution >= 0.6 is 34.5 Å². The van der Waals surface area contributed by atoms with E-state index in [0.29, 0.717) is 15.0 Å². The van der Waals surface area contributed by atoms with Gasteiger partial charge in [-0.1, -0.05) is 23.2 Å². The lowest BCUT2D eigenvalue weighted by atomic mass is 10.4. The molecule has 0 aliphatic rings. The predicted octanol–water partition coefficient (Wildman–Crippen LogP) is 4.08. The second kappa shape index (κ2) is 3.91.